The van der Waals surface area contributed by atoms with E-state index in [1.807, 2.05) is 36.7 Å². The number of aryl methyl sites for hydroxylation is 2. The summed E-state index contributed by atoms with van der Waals surface area (Å²) in [7, 11) is 0. The van der Waals surface area contributed by atoms with Gasteiger partial charge in [0.1, 0.15) is 0 Å². The summed E-state index contributed by atoms with van der Waals surface area (Å²) in [6, 6.07) is 8.09. The SMILES string of the molecule is CCCCCc1cnc(-c2ccc(CCCF)cc2)nc1. The van der Waals surface area contributed by atoms with Crippen molar-refractivity contribution in [2.75, 3.05) is 6.67 Å². The summed E-state index contributed by atoms with van der Waals surface area (Å²) in [6.45, 7) is 1.95. The Morgan fingerprint density at radius 2 is 1.52 bits per heavy atom. The summed E-state index contributed by atoms with van der Waals surface area (Å²) in [5, 5.41) is 0. The Bertz CT molecular complexity index is 520. The molecule has 0 aliphatic heterocycles. The van der Waals surface area contributed by atoms with Gasteiger partial charge in [-0.2, -0.15) is 0 Å². The van der Waals surface area contributed by atoms with Gasteiger partial charge in [0, 0.05) is 18.0 Å². The summed E-state index contributed by atoms with van der Waals surface area (Å²) < 4.78 is 12.2. The van der Waals surface area contributed by atoms with E-state index < -0.39 is 0 Å². The average molecular weight is 286 g/mol. The number of hydrogen-bond acceptors (Lipinski definition) is 2. The fourth-order valence-corrected chi connectivity index (χ4v) is 2.30. The number of alkyl halides is 1. The van der Waals surface area contributed by atoms with Crippen LogP contribution in [0.2, 0.25) is 0 Å². The van der Waals surface area contributed by atoms with Crippen molar-refractivity contribution in [2.45, 2.75) is 45.4 Å². The second-order valence-electron chi connectivity index (χ2n) is 5.36. The van der Waals surface area contributed by atoms with Gasteiger partial charge in [0.25, 0.3) is 0 Å². The molecule has 0 aliphatic rings. The third-order valence-corrected chi connectivity index (χ3v) is 3.59. The van der Waals surface area contributed by atoms with E-state index in [2.05, 4.69) is 16.9 Å². The van der Waals surface area contributed by atoms with Gasteiger partial charge in [0.05, 0.1) is 6.67 Å². The highest BCUT2D eigenvalue weighted by atomic mass is 19.1. The molecule has 1 heterocycles. The molecule has 2 nitrogen and oxygen atoms in total. The lowest BCUT2D eigenvalue weighted by atomic mass is 10.1. The molecule has 2 rings (SSSR count). The van der Waals surface area contributed by atoms with Gasteiger partial charge in [-0.25, -0.2) is 9.97 Å². The Kier molecular flexibility index (Phi) is 6.32. The van der Waals surface area contributed by atoms with E-state index in [0.717, 1.165) is 29.8 Å². The summed E-state index contributed by atoms with van der Waals surface area (Å²) in [6.07, 6.45) is 9.95. The summed E-state index contributed by atoms with van der Waals surface area (Å²) in [5.74, 6) is 0.756. The predicted molar refractivity (Wildman–Crippen MR) is 85.0 cm³/mol. The maximum Gasteiger partial charge on any atom is 0.159 e. The van der Waals surface area contributed by atoms with Crippen LogP contribution in [-0.4, -0.2) is 16.6 Å². The minimum atomic E-state index is -0.260. The molecule has 0 saturated heterocycles. The molecule has 0 radical (unpaired) electrons. The highest BCUT2D eigenvalue weighted by molar-refractivity contribution is 5.55. The van der Waals surface area contributed by atoms with Crippen LogP contribution in [0.1, 0.15) is 43.7 Å². The fourth-order valence-electron chi connectivity index (χ4n) is 2.30. The van der Waals surface area contributed by atoms with Gasteiger partial charge in [0.15, 0.2) is 5.82 Å². The zero-order valence-corrected chi connectivity index (χ0v) is 12.7. The molecule has 1 aromatic heterocycles. The van der Waals surface area contributed by atoms with E-state index in [-0.39, 0.29) is 6.67 Å². The van der Waals surface area contributed by atoms with Crippen molar-refractivity contribution >= 4 is 0 Å². The quantitative estimate of drug-likeness (QED) is 0.653. The van der Waals surface area contributed by atoms with Gasteiger partial charge in [-0.1, -0.05) is 44.0 Å². The van der Waals surface area contributed by atoms with Crippen LogP contribution in [0.15, 0.2) is 36.7 Å². The van der Waals surface area contributed by atoms with Gasteiger partial charge >= 0.3 is 0 Å². The molecule has 0 unspecified atom stereocenters. The zero-order chi connectivity index (χ0) is 14.9. The second kappa shape index (κ2) is 8.50. The Morgan fingerprint density at radius 3 is 2.14 bits per heavy atom. The lowest BCUT2D eigenvalue weighted by molar-refractivity contribution is 0.473. The number of aromatic nitrogens is 2. The molecular weight excluding hydrogens is 263 g/mol. The van der Waals surface area contributed by atoms with Crippen molar-refractivity contribution in [3.05, 3.63) is 47.8 Å². The van der Waals surface area contributed by atoms with E-state index in [0.29, 0.717) is 6.42 Å². The van der Waals surface area contributed by atoms with Gasteiger partial charge < -0.3 is 0 Å². The van der Waals surface area contributed by atoms with E-state index in [9.17, 15) is 4.39 Å². The van der Waals surface area contributed by atoms with Crippen LogP contribution >= 0.6 is 0 Å². The van der Waals surface area contributed by atoms with Crippen molar-refractivity contribution in [3.63, 3.8) is 0 Å². The number of benzene rings is 1. The first-order valence-electron chi connectivity index (χ1n) is 7.79. The van der Waals surface area contributed by atoms with Crippen LogP contribution in [0.3, 0.4) is 0 Å². The Balaban J connectivity index is 1.97. The van der Waals surface area contributed by atoms with Crippen LogP contribution < -0.4 is 0 Å². The maximum atomic E-state index is 12.2. The van der Waals surface area contributed by atoms with Crippen molar-refractivity contribution < 1.29 is 4.39 Å². The molecule has 0 atom stereocenters. The van der Waals surface area contributed by atoms with E-state index in [1.165, 1.54) is 24.8 Å². The van der Waals surface area contributed by atoms with Crippen LogP contribution in [0.25, 0.3) is 11.4 Å². The van der Waals surface area contributed by atoms with Crippen LogP contribution in [-0.2, 0) is 12.8 Å². The minimum absolute atomic E-state index is 0.260. The van der Waals surface area contributed by atoms with Crippen molar-refractivity contribution in [1.29, 1.82) is 0 Å². The highest BCUT2D eigenvalue weighted by Gasteiger charge is 2.02. The Morgan fingerprint density at radius 1 is 0.857 bits per heavy atom. The number of rotatable bonds is 8. The standard InChI is InChI=1S/C18H23FN2/c1-2-3-4-6-16-13-20-18(21-14-16)17-10-8-15(9-11-17)7-5-12-19/h8-11,13-14H,2-7,12H2,1H3. The highest BCUT2D eigenvalue weighted by Crippen LogP contribution is 2.16. The van der Waals surface area contributed by atoms with Gasteiger partial charge in [-0.3, -0.25) is 4.39 Å². The summed E-state index contributed by atoms with van der Waals surface area (Å²) in [5.41, 5.74) is 3.37. The van der Waals surface area contributed by atoms with Gasteiger partial charge in [-0.05, 0) is 36.8 Å². The number of halogens is 1. The Labute approximate surface area is 126 Å². The minimum Gasteiger partial charge on any atom is -0.251 e. The topological polar surface area (TPSA) is 25.8 Å². The van der Waals surface area contributed by atoms with E-state index in [1.54, 1.807) is 0 Å². The average Bonchev–Trinajstić information content (AvgIpc) is 2.54. The van der Waals surface area contributed by atoms with Crippen LogP contribution in [0.5, 0.6) is 0 Å². The zero-order valence-electron chi connectivity index (χ0n) is 12.7. The monoisotopic (exact) mass is 286 g/mol. The van der Waals surface area contributed by atoms with Crippen molar-refractivity contribution in [1.82, 2.24) is 9.97 Å². The molecule has 0 bridgehead atoms. The smallest absolute Gasteiger partial charge is 0.159 e. The van der Waals surface area contributed by atoms with Crippen LogP contribution in [0, 0.1) is 0 Å². The molecule has 1 aromatic carbocycles. The number of nitrogens with zero attached hydrogens (tertiary/aromatic N) is 2. The van der Waals surface area contributed by atoms with Crippen LogP contribution in [0.4, 0.5) is 4.39 Å². The molecule has 0 fully saturated rings. The molecule has 0 N–H and O–H groups in total. The molecule has 2 aromatic rings. The maximum absolute atomic E-state index is 12.2. The first-order chi connectivity index (χ1) is 10.3. The molecular formula is C18H23FN2. The number of unbranched alkanes of at least 4 members (excludes halogenated alkanes) is 2. The molecule has 112 valence electrons. The predicted octanol–water partition coefficient (Wildman–Crippen LogP) is 4.78. The third kappa shape index (κ3) is 4.92. The fraction of sp³-hybridized carbons (Fsp3) is 0.444. The largest absolute Gasteiger partial charge is 0.251 e. The Hall–Kier alpha value is -1.77. The summed E-state index contributed by atoms with van der Waals surface area (Å²) >= 11 is 0. The molecule has 21 heavy (non-hydrogen) atoms. The first-order valence-corrected chi connectivity index (χ1v) is 7.79. The lowest BCUT2D eigenvalue weighted by Crippen LogP contribution is -1.93. The molecule has 0 amide bonds. The van der Waals surface area contributed by atoms with E-state index >= 15 is 0 Å². The molecule has 0 spiro atoms. The van der Waals surface area contributed by atoms with E-state index in [4.69, 9.17) is 0 Å². The van der Waals surface area contributed by atoms with Crippen molar-refractivity contribution in [3.8, 4) is 11.4 Å². The second-order valence-corrected chi connectivity index (χ2v) is 5.36. The van der Waals surface area contributed by atoms with Crippen molar-refractivity contribution in [2.24, 2.45) is 0 Å². The third-order valence-electron chi connectivity index (χ3n) is 3.59. The molecule has 3 heteroatoms. The normalized spacial score (nSPS) is 10.8. The summed E-state index contributed by atoms with van der Waals surface area (Å²) in [4.78, 5) is 8.90. The number of hydrogen-bond donors (Lipinski definition) is 0. The molecule has 0 saturated carbocycles. The molecule has 0 aliphatic carbocycles. The van der Waals surface area contributed by atoms with Gasteiger partial charge in [-0.15, -0.1) is 0 Å². The van der Waals surface area contributed by atoms with Gasteiger partial charge in [0.2, 0.25) is 0 Å². The first kappa shape index (κ1) is 15.6. The lowest BCUT2D eigenvalue weighted by Gasteiger charge is -2.04.